The van der Waals surface area contributed by atoms with Gasteiger partial charge in [0.25, 0.3) is 0 Å². The predicted molar refractivity (Wildman–Crippen MR) is 139 cm³/mol. The lowest BCUT2D eigenvalue weighted by Crippen LogP contribution is -1.97. The smallest absolute Gasteiger partial charge is 0.226 e. The number of unbranched alkanes of at least 4 members (excludes halogenated alkanes) is 1. The molecule has 0 unspecified atom stereocenters. The van der Waals surface area contributed by atoms with Crippen molar-refractivity contribution in [2.75, 3.05) is 0 Å². The van der Waals surface area contributed by atoms with Gasteiger partial charge in [0.15, 0.2) is 0 Å². The molecular formula is C30H29N3O3. The first-order chi connectivity index (χ1) is 17.8. The summed E-state index contributed by atoms with van der Waals surface area (Å²) in [7, 11) is 0. The fourth-order valence-electron chi connectivity index (χ4n) is 3.89. The number of imidazole rings is 1. The Kier molecular flexibility index (Phi) is 7.73. The van der Waals surface area contributed by atoms with Crippen molar-refractivity contribution in [2.45, 2.75) is 39.0 Å². The lowest BCUT2D eigenvalue weighted by Gasteiger charge is -2.07. The molecule has 0 bridgehead atoms. The summed E-state index contributed by atoms with van der Waals surface area (Å²) in [5, 5.41) is 0. The van der Waals surface area contributed by atoms with Crippen molar-refractivity contribution in [1.82, 2.24) is 14.5 Å². The van der Waals surface area contributed by atoms with Crippen LogP contribution in [0.1, 0.15) is 29.7 Å². The first kappa shape index (κ1) is 23.4. The Morgan fingerprint density at radius 2 is 1.50 bits per heavy atom. The first-order valence-electron chi connectivity index (χ1n) is 12.2. The van der Waals surface area contributed by atoms with Gasteiger partial charge in [-0.3, -0.25) is 0 Å². The summed E-state index contributed by atoms with van der Waals surface area (Å²) in [4.78, 5) is 8.65. The average Bonchev–Trinajstić information content (AvgIpc) is 3.63. The Balaban J connectivity index is 1.06. The van der Waals surface area contributed by atoms with Crippen molar-refractivity contribution in [3.05, 3.63) is 121 Å². The number of ether oxygens (including phenoxy) is 2. The normalized spacial score (nSPS) is 10.9. The highest BCUT2D eigenvalue weighted by Gasteiger charge is 2.08. The van der Waals surface area contributed by atoms with Gasteiger partial charge in [0, 0.05) is 24.5 Å². The van der Waals surface area contributed by atoms with Gasteiger partial charge in [0.05, 0.1) is 6.33 Å². The molecule has 0 aliphatic rings. The number of aromatic nitrogens is 3. The van der Waals surface area contributed by atoms with E-state index in [-0.39, 0.29) is 0 Å². The van der Waals surface area contributed by atoms with Gasteiger partial charge in [-0.1, -0.05) is 42.5 Å². The molecule has 0 saturated heterocycles. The van der Waals surface area contributed by atoms with Crippen molar-refractivity contribution >= 4 is 0 Å². The predicted octanol–water partition coefficient (Wildman–Crippen LogP) is 6.72. The van der Waals surface area contributed by atoms with Crippen LogP contribution >= 0.6 is 0 Å². The van der Waals surface area contributed by atoms with E-state index in [0.29, 0.717) is 19.1 Å². The minimum absolute atomic E-state index is 0.353. The van der Waals surface area contributed by atoms with Crippen LogP contribution in [0.3, 0.4) is 0 Å². The molecule has 3 aromatic carbocycles. The molecule has 6 heteroatoms. The van der Waals surface area contributed by atoms with Crippen LogP contribution < -0.4 is 9.47 Å². The third kappa shape index (κ3) is 6.63. The molecule has 5 rings (SSSR count). The zero-order valence-electron chi connectivity index (χ0n) is 20.1. The number of benzene rings is 3. The molecule has 0 saturated carbocycles. The van der Waals surface area contributed by atoms with Crippen LogP contribution in [0.4, 0.5) is 0 Å². The van der Waals surface area contributed by atoms with Crippen LogP contribution in [0.25, 0.3) is 11.5 Å². The Bertz CT molecular complexity index is 1310. The maximum Gasteiger partial charge on any atom is 0.226 e. The third-order valence-electron chi connectivity index (χ3n) is 5.90. The van der Waals surface area contributed by atoms with Gasteiger partial charge in [-0.25, -0.2) is 9.97 Å². The summed E-state index contributed by atoms with van der Waals surface area (Å²) in [6.07, 6.45) is 10.7. The van der Waals surface area contributed by atoms with Crippen LogP contribution in [-0.2, 0) is 26.2 Å². The molecule has 5 aromatic rings. The SMILES string of the molecule is c1ccc(COc2ccc(-c3nc(COc4ccc(CCCCn5ccnc5)cc4)co3)cc2)cc1. The van der Waals surface area contributed by atoms with E-state index in [4.69, 9.17) is 13.9 Å². The number of oxazole rings is 1. The van der Waals surface area contributed by atoms with E-state index in [0.717, 1.165) is 54.1 Å². The van der Waals surface area contributed by atoms with Crippen molar-refractivity contribution in [1.29, 1.82) is 0 Å². The largest absolute Gasteiger partial charge is 0.489 e. The summed E-state index contributed by atoms with van der Waals surface area (Å²) in [6, 6.07) is 26.1. The van der Waals surface area contributed by atoms with Crippen molar-refractivity contribution in [3.8, 4) is 23.0 Å². The summed E-state index contributed by atoms with van der Waals surface area (Å²) < 4.78 is 19.5. The Morgan fingerprint density at radius 1 is 0.750 bits per heavy atom. The maximum absolute atomic E-state index is 5.91. The van der Waals surface area contributed by atoms with Gasteiger partial charge in [0.1, 0.15) is 36.7 Å². The monoisotopic (exact) mass is 479 g/mol. The van der Waals surface area contributed by atoms with Crippen molar-refractivity contribution < 1.29 is 13.9 Å². The lowest BCUT2D eigenvalue weighted by molar-refractivity contribution is 0.301. The third-order valence-corrected chi connectivity index (χ3v) is 5.90. The van der Waals surface area contributed by atoms with Crippen LogP contribution in [0.5, 0.6) is 11.5 Å². The van der Waals surface area contributed by atoms with Crippen LogP contribution in [0, 0.1) is 0 Å². The number of hydrogen-bond acceptors (Lipinski definition) is 5. The zero-order chi connectivity index (χ0) is 24.4. The van der Waals surface area contributed by atoms with Crippen molar-refractivity contribution in [2.24, 2.45) is 0 Å². The number of hydrogen-bond donors (Lipinski definition) is 0. The molecule has 0 spiro atoms. The minimum atomic E-state index is 0.353. The number of aryl methyl sites for hydroxylation is 2. The minimum Gasteiger partial charge on any atom is -0.489 e. The fourth-order valence-corrected chi connectivity index (χ4v) is 3.89. The summed E-state index contributed by atoms with van der Waals surface area (Å²) >= 11 is 0. The van der Waals surface area contributed by atoms with Gasteiger partial charge >= 0.3 is 0 Å². The number of rotatable bonds is 12. The molecule has 0 aliphatic carbocycles. The number of nitrogens with zero attached hydrogens (tertiary/aromatic N) is 3. The molecule has 0 amide bonds. The summed E-state index contributed by atoms with van der Waals surface area (Å²) in [5.74, 6) is 2.19. The molecule has 2 heterocycles. The molecule has 0 aliphatic heterocycles. The second-order valence-corrected chi connectivity index (χ2v) is 8.63. The van der Waals surface area contributed by atoms with E-state index in [9.17, 15) is 0 Å². The van der Waals surface area contributed by atoms with E-state index >= 15 is 0 Å². The second kappa shape index (κ2) is 11.9. The first-order valence-corrected chi connectivity index (χ1v) is 12.2. The van der Waals surface area contributed by atoms with Gasteiger partial charge in [-0.2, -0.15) is 0 Å². The highest BCUT2D eigenvalue weighted by atomic mass is 16.5. The van der Waals surface area contributed by atoms with Crippen molar-refractivity contribution in [3.63, 3.8) is 0 Å². The van der Waals surface area contributed by atoms with Gasteiger partial charge < -0.3 is 18.5 Å². The molecule has 0 radical (unpaired) electrons. The highest BCUT2D eigenvalue weighted by Crippen LogP contribution is 2.23. The maximum atomic E-state index is 5.91. The molecule has 0 N–H and O–H groups in total. The second-order valence-electron chi connectivity index (χ2n) is 8.63. The molecule has 2 aromatic heterocycles. The molecule has 182 valence electrons. The molecule has 0 atom stereocenters. The highest BCUT2D eigenvalue weighted by molar-refractivity contribution is 5.54. The van der Waals surface area contributed by atoms with Crippen LogP contribution in [0.2, 0.25) is 0 Å². The Labute approximate surface area is 211 Å². The zero-order valence-corrected chi connectivity index (χ0v) is 20.1. The standard InChI is InChI=1S/C30H29N3O3/c1-2-7-25(8-3-1)20-34-29-15-11-26(12-16-29)30-32-27(22-36-30)21-35-28-13-9-24(10-14-28)6-4-5-18-33-19-17-31-23-33/h1-3,7-17,19,22-23H,4-6,18,20-21H2. The molecular weight excluding hydrogens is 450 g/mol. The molecule has 0 fully saturated rings. The van der Waals surface area contributed by atoms with E-state index in [1.165, 1.54) is 5.56 Å². The van der Waals surface area contributed by atoms with Crippen LogP contribution in [0.15, 0.2) is 108 Å². The van der Waals surface area contributed by atoms with E-state index in [1.54, 1.807) is 6.26 Å². The van der Waals surface area contributed by atoms with Gasteiger partial charge in [-0.05, 0) is 66.8 Å². The lowest BCUT2D eigenvalue weighted by atomic mass is 10.1. The van der Waals surface area contributed by atoms with Crippen LogP contribution in [-0.4, -0.2) is 14.5 Å². The Morgan fingerprint density at radius 3 is 2.25 bits per heavy atom. The van der Waals surface area contributed by atoms with E-state index in [1.807, 2.05) is 85.5 Å². The topological polar surface area (TPSA) is 62.3 Å². The van der Waals surface area contributed by atoms with Gasteiger partial charge in [-0.15, -0.1) is 0 Å². The van der Waals surface area contributed by atoms with E-state index < -0.39 is 0 Å². The van der Waals surface area contributed by atoms with Gasteiger partial charge in [0.2, 0.25) is 5.89 Å². The summed E-state index contributed by atoms with van der Waals surface area (Å²) in [6.45, 7) is 1.90. The average molecular weight is 480 g/mol. The molecule has 6 nitrogen and oxygen atoms in total. The summed E-state index contributed by atoms with van der Waals surface area (Å²) in [5.41, 5.74) is 4.09. The molecule has 36 heavy (non-hydrogen) atoms. The Hall–Kier alpha value is -4.32. The van der Waals surface area contributed by atoms with E-state index in [2.05, 4.69) is 26.7 Å². The quantitative estimate of drug-likeness (QED) is 0.186. The fraction of sp³-hybridized carbons (Fsp3) is 0.200.